The van der Waals surface area contributed by atoms with E-state index in [1.165, 1.54) is 0 Å². The standard InChI is InChI=1S/C19H23N3O3.ClH/c1-20-13-5-8-18(23)22-17-7-4-3-6-16(17)19(24)21-14-9-11-15(25-2)12-10-14;/h3-4,6-7,9-12,20H,5,8,13H2,1-2H3,(H,21,24)(H,22,23);1H. The van der Waals surface area contributed by atoms with Gasteiger partial charge < -0.3 is 20.7 Å². The van der Waals surface area contributed by atoms with Crippen LogP contribution in [0.25, 0.3) is 0 Å². The molecule has 0 aliphatic carbocycles. The number of anilines is 2. The number of hydrogen-bond donors (Lipinski definition) is 3. The molecule has 0 saturated carbocycles. The Morgan fingerprint density at radius 1 is 1.00 bits per heavy atom. The van der Waals surface area contributed by atoms with Gasteiger partial charge in [-0.3, -0.25) is 9.59 Å². The van der Waals surface area contributed by atoms with Crippen molar-refractivity contribution in [1.29, 1.82) is 0 Å². The van der Waals surface area contributed by atoms with Gasteiger partial charge in [0, 0.05) is 12.1 Å². The minimum atomic E-state index is -0.281. The number of hydrogen-bond acceptors (Lipinski definition) is 4. The minimum absolute atomic E-state index is 0. The Hall–Kier alpha value is -2.57. The molecule has 0 atom stereocenters. The molecule has 140 valence electrons. The maximum absolute atomic E-state index is 12.5. The molecule has 26 heavy (non-hydrogen) atoms. The number of para-hydroxylation sites is 1. The first-order valence-corrected chi connectivity index (χ1v) is 8.13. The first-order valence-electron chi connectivity index (χ1n) is 8.13. The van der Waals surface area contributed by atoms with Crippen LogP contribution in [-0.2, 0) is 4.79 Å². The molecule has 0 aliphatic heterocycles. The summed E-state index contributed by atoms with van der Waals surface area (Å²) in [4.78, 5) is 24.5. The van der Waals surface area contributed by atoms with Gasteiger partial charge in [0.1, 0.15) is 5.75 Å². The quantitative estimate of drug-likeness (QED) is 0.616. The first kappa shape index (κ1) is 21.5. The van der Waals surface area contributed by atoms with E-state index in [2.05, 4.69) is 16.0 Å². The predicted molar refractivity (Wildman–Crippen MR) is 106 cm³/mol. The van der Waals surface area contributed by atoms with Gasteiger partial charge in [0.15, 0.2) is 0 Å². The number of ether oxygens (including phenoxy) is 1. The third-order valence-corrected chi connectivity index (χ3v) is 3.62. The summed E-state index contributed by atoms with van der Waals surface area (Å²) in [6.07, 6.45) is 1.14. The zero-order valence-electron chi connectivity index (χ0n) is 14.9. The topological polar surface area (TPSA) is 79.5 Å². The normalized spacial score (nSPS) is 9.77. The number of amides is 2. The summed E-state index contributed by atoms with van der Waals surface area (Å²) in [6.45, 7) is 0.771. The van der Waals surface area contributed by atoms with Crippen molar-refractivity contribution in [1.82, 2.24) is 5.32 Å². The largest absolute Gasteiger partial charge is 0.497 e. The van der Waals surface area contributed by atoms with Crippen LogP contribution in [0, 0.1) is 0 Å². The lowest BCUT2D eigenvalue weighted by molar-refractivity contribution is -0.116. The van der Waals surface area contributed by atoms with Crippen LogP contribution in [0.2, 0.25) is 0 Å². The predicted octanol–water partition coefficient (Wildman–Crippen LogP) is 3.31. The average Bonchev–Trinajstić information content (AvgIpc) is 2.63. The molecule has 6 nitrogen and oxygen atoms in total. The van der Waals surface area contributed by atoms with Gasteiger partial charge in [-0.15, -0.1) is 12.4 Å². The molecule has 2 amide bonds. The van der Waals surface area contributed by atoms with E-state index in [4.69, 9.17) is 4.74 Å². The SMILES string of the molecule is CNCCCC(=O)Nc1ccccc1C(=O)Nc1ccc(OC)cc1.Cl. The van der Waals surface area contributed by atoms with E-state index < -0.39 is 0 Å². The Kier molecular flexibility index (Phi) is 9.19. The Labute approximate surface area is 159 Å². The molecule has 0 bridgehead atoms. The van der Waals surface area contributed by atoms with Crippen LogP contribution >= 0.6 is 12.4 Å². The number of halogens is 1. The van der Waals surface area contributed by atoms with Crippen LogP contribution in [0.4, 0.5) is 11.4 Å². The van der Waals surface area contributed by atoms with E-state index in [9.17, 15) is 9.59 Å². The Bertz CT molecular complexity index is 720. The van der Waals surface area contributed by atoms with Crippen LogP contribution in [0.3, 0.4) is 0 Å². The van der Waals surface area contributed by atoms with Crippen LogP contribution in [0.1, 0.15) is 23.2 Å². The molecule has 0 aliphatic rings. The molecule has 0 unspecified atom stereocenters. The molecular weight excluding hydrogens is 354 g/mol. The van der Waals surface area contributed by atoms with Crippen molar-refractivity contribution in [3.05, 3.63) is 54.1 Å². The third kappa shape index (κ3) is 6.38. The van der Waals surface area contributed by atoms with Crippen molar-refractivity contribution in [3.8, 4) is 5.75 Å². The van der Waals surface area contributed by atoms with E-state index in [0.29, 0.717) is 29.1 Å². The lowest BCUT2D eigenvalue weighted by Crippen LogP contribution is -2.19. The molecule has 0 radical (unpaired) electrons. The zero-order chi connectivity index (χ0) is 18.1. The Balaban J connectivity index is 0.00000338. The molecule has 2 aromatic rings. The number of methoxy groups -OCH3 is 1. The summed E-state index contributed by atoms with van der Waals surface area (Å²) in [7, 11) is 3.43. The maximum atomic E-state index is 12.5. The van der Waals surface area contributed by atoms with Crippen molar-refractivity contribution in [2.24, 2.45) is 0 Å². The lowest BCUT2D eigenvalue weighted by atomic mass is 10.1. The monoisotopic (exact) mass is 377 g/mol. The summed E-state index contributed by atoms with van der Waals surface area (Å²) in [5.74, 6) is 0.323. The second kappa shape index (κ2) is 11.1. The van der Waals surface area contributed by atoms with Gasteiger partial charge in [-0.1, -0.05) is 12.1 Å². The summed E-state index contributed by atoms with van der Waals surface area (Å²) in [5.41, 5.74) is 1.57. The van der Waals surface area contributed by atoms with Gasteiger partial charge in [-0.05, 0) is 56.4 Å². The molecule has 2 rings (SSSR count). The molecule has 3 N–H and O–H groups in total. The van der Waals surface area contributed by atoms with Crippen molar-refractivity contribution < 1.29 is 14.3 Å². The van der Waals surface area contributed by atoms with Gasteiger partial charge in [0.2, 0.25) is 5.91 Å². The maximum Gasteiger partial charge on any atom is 0.257 e. The van der Waals surface area contributed by atoms with E-state index in [1.807, 2.05) is 7.05 Å². The smallest absolute Gasteiger partial charge is 0.257 e. The third-order valence-electron chi connectivity index (χ3n) is 3.62. The molecule has 0 fully saturated rings. The summed E-state index contributed by atoms with van der Waals surface area (Å²) in [5, 5.41) is 8.63. The highest BCUT2D eigenvalue weighted by Gasteiger charge is 2.13. The second-order valence-corrected chi connectivity index (χ2v) is 5.48. The fourth-order valence-corrected chi connectivity index (χ4v) is 2.30. The van der Waals surface area contributed by atoms with Crippen molar-refractivity contribution in [2.75, 3.05) is 31.3 Å². The summed E-state index contributed by atoms with van der Waals surface area (Å²) < 4.78 is 5.10. The van der Waals surface area contributed by atoms with E-state index in [1.54, 1.807) is 55.6 Å². The average molecular weight is 378 g/mol. The number of nitrogens with one attached hydrogen (secondary N) is 3. The van der Waals surface area contributed by atoms with E-state index in [-0.39, 0.29) is 24.2 Å². The van der Waals surface area contributed by atoms with Crippen LogP contribution in [0.15, 0.2) is 48.5 Å². The Morgan fingerprint density at radius 2 is 1.69 bits per heavy atom. The van der Waals surface area contributed by atoms with Crippen LogP contribution < -0.4 is 20.7 Å². The molecule has 0 aromatic heterocycles. The summed E-state index contributed by atoms with van der Waals surface area (Å²) in [6, 6.07) is 14.0. The minimum Gasteiger partial charge on any atom is -0.497 e. The van der Waals surface area contributed by atoms with Crippen LogP contribution in [-0.4, -0.2) is 32.5 Å². The second-order valence-electron chi connectivity index (χ2n) is 5.48. The lowest BCUT2D eigenvalue weighted by Gasteiger charge is -2.12. The molecule has 0 spiro atoms. The fourth-order valence-electron chi connectivity index (χ4n) is 2.30. The molecule has 0 heterocycles. The number of carbonyl (C=O) groups is 2. The molecule has 7 heteroatoms. The Morgan fingerprint density at radius 3 is 2.35 bits per heavy atom. The number of rotatable bonds is 8. The van der Waals surface area contributed by atoms with Gasteiger partial charge in [0.25, 0.3) is 5.91 Å². The van der Waals surface area contributed by atoms with E-state index >= 15 is 0 Å². The van der Waals surface area contributed by atoms with Gasteiger partial charge in [-0.2, -0.15) is 0 Å². The number of benzene rings is 2. The zero-order valence-corrected chi connectivity index (χ0v) is 15.7. The number of carbonyl (C=O) groups excluding carboxylic acids is 2. The fraction of sp³-hybridized carbons (Fsp3) is 0.263. The van der Waals surface area contributed by atoms with Crippen molar-refractivity contribution in [3.63, 3.8) is 0 Å². The van der Waals surface area contributed by atoms with Gasteiger partial charge in [0.05, 0.1) is 18.4 Å². The van der Waals surface area contributed by atoms with Gasteiger partial charge >= 0.3 is 0 Å². The van der Waals surface area contributed by atoms with Gasteiger partial charge in [-0.25, -0.2) is 0 Å². The van der Waals surface area contributed by atoms with Crippen LogP contribution in [0.5, 0.6) is 5.75 Å². The highest BCUT2D eigenvalue weighted by molar-refractivity contribution is 6.10. The molecule has 2 aromatic carbocycles. The van der Waals surface area contributed by atoms with Crippen molar-refractivity contribution in [2.45, 2.75) is 12.8 Å². The first-order chi connectivity index (χ1) is 12.1. The summed E-state index contributed by atoms with van der Waals surface area (Å²) >= 11 is 0. The highest BCUT2D eigenvalue weighted by Crippen LogP contribution is 2.19. The van der Waals surface area contributed by atoms with E-state index in [0.717, 1.165) is 13.0 Å². The molecular formula is C19H24ClN3O3. The molecule has 0 saturated heterocycles. The highest BCUT2D eigenvalue weighted by atomic mass is 35.5. The van der Waals surface area contributed by atoms with Crippen molar-refractivity contribution >= 4 is 35.6 Å².